The maximum Gasteiger partial charge on any atom is 0.272 e. The summed E-state index contributed by atoms with van der Waals surface area (Å²) in [5.41, 5.74) is 0.457. The fourth-order valence-corrected chi connectivity index (χ4v) is 4.36. The third kappa shape index (κ3) is 2.23. The number of nitrogens with zero attached hydrogens (tertiary/aromatic N) is 1. The number of halogens is 1. The Balaban J connectivity index is 2.56. The zero-order chi connectivity index (χ0) is 11.1. The Labute approximate surface area is 99.8 Å². The van der Waals surface area contributed by atoms with Crippen LogP contribution in [0.15, 0.2) is 21.7 Å². The standard InChI is InChI=1S/C8H6ClNO2S3/c1-5-8(15(9,11)12)14-7(10-5)6-3-2-4-13-6/h2-4H,1H3. The molecule has 2 heterocycles. The van der Waals surface area contributed by atoms with Crippen LogP contribution in [0.4, 0.5) is 0 Å². The zero-order valence-corrected chi connectivity index (χ0v) is 10.8. The molecular weight excluding hydrogens is 274 g/mol. The van der Waals surface area contributed by atoms with Gasteiger partial charge in [0.05, 0.1) is 10.6 Å². The summed E-state index contributed by atoms with van der Waals surface area (Å²) in [5.74, 6) is 0. The average molecular weight is 280 g/mol. The van der Waals surface area contributed by atoms with Gasteiger partial charge in [-0.05, 0) is 18.4 Å². The summed E-state index contributed by atoms with van der Waals surface area (Å²) in [6.45, 7) is 1.64. The molecule has 0 radical (unpaired) electrons. The van der Waals surface area contributed by atoms with Crippen LogP contribution in [0.25, 0.3) is 9.88 Å². The Hall–Kier alpha value is -0.430. The minimum absolute atomic E-state index is 0.132. The SMILES string of the molecule is Cc1nc(-c2cccs2)sc1S(=O)(=O)Cl. The minimum Gasteiger partial charge on any atom is -0.239 e. The number of thiophene rings is 1. The predicted octanol–water partition coefficient (Wildman–Crippen LogP) is 3.11. The van der Waals surface area contributed by atoms with E-state index in [0.29, 0.717) is 10.7 Å². The van der Waals surface area contributed by atoms with Crippen molar-refractivity contribution >= 4 is 42.4 Å². The van der Waals surface area contributed by atoms with E-state index in [1.54, 1.807) is 6.92 Å². The van der Waals surface area contributed by atoms with Crippen LogP contribution in [0.3, 0.4) is 0 Å². The van der Waals surface area contributed by atoms with Gasteiger partial charge in [-0.1, -0.05) is 17.4 Å². The van der Waals surface area contributed by atoms with E-state index in [-0.39, 0.29) is 4.21 Å². The van der Waals surface area contributed by atoms with Gasteiger partial charge >= 0.3 is 0 Å². The van der Waals surface area contributed by atoms with Crippen LogP contribution in [-0.4, -0.2) is 13.4 Å². The fourth-order valence-electron chi connectivity index (χ4n) is 1.11. The summed E-state index contributed by atoms with van der Waals surface area (Å²) in [4.78, 5) is 5.14. The van der Waals surface area contributed by atoms with Crippen LogP contribution in [-0.2, 0) is 9.05 Å². The molecule has 0 spiro atoms. The van der Waals surface area contributed by atoms with Crippen molar-refractivity contribution in [2.75, 3.05) is 0 Å². The quantitative estimate of drug-likeness (QED) is 0.794. The van der Waals surface area contributed by atoms with E-state index in [2.05, 4.69) is 4.98 Å². The molecule has 7 heteroatoms. The maximum absolute atomic E-state index is 11.2. The van der Waals surface area contributed by atoms with Crippen LogP contribution in [0, 0.1) is 6.92 Å². The van der Waals surface area contributed by atoms with Crippen LogP contribution < -0.4 is 0 Å². The highest BCUT2D eigenvalue weighted by atomic mass is 35.7. The lowest BCUT2D eigenvalue weighted by Gasteiger charge is -1.87. The highest BCUT2D eigenvalue weighted by molar-refractivity contribution is 8.15. The second-order valence-corrected chi connectivity index (χ2v) is 7.52. The number of aromatic nitrogens is 1. The Bertz CT molecular complexity index is 571. The van der Waals surface area contributed by atoms with Crippen LogP contribution in [0.1, 0.15) is 5.69 Å². The molecular formula is C8H6ClNO2S3. The molecule has 0 unspecified atom stereocenters. The first-order valence-electron chi connectivity index (χ1n) is 3.94. The first kappa shape index (κ1) is 11.1. The normalized spacial score (nSPS) is 11.9. The molecule has 2 rings (SSSR count). The molecule has 0 aromatic carbocycles. The number of hydrogen-bond acceptors (Lipinski definition) is 5. The first-order chi connectivity index (χ1) is 6.98. The lowest BCUT2D eigenvalue weighted by molar-refractivity contribution is 0.610. The van der Waals surface area contributed by atoms with E-state index in [1.165, 1.54) is 11.3 Å². The van der Waals surface area contributed by atoms with E-state index in [0.717, 1.165) is 16.2 Å². The highest BCUT2D eigenvalue weighted by Crippen LogP contribution is 2.34. The Morgan fingerprint density at radius 3 is 2.67 bits per heavy atom. The van der Waals surface area contributed by atoms with Crippen LogP contribution in [0.2, 0.25) is 0 Å². The topological polar surface area (TPSA) is 47.0 Å². The van der Waals surface area contributed by atoms with E-state index in [4.69, 9.17) is 10.7 Å². The average Bonchev–Trinajstić information content (AvgIpc) is 2.68. The van der Waals surface area contributed by atoms with Crippen molar-refractivity contribution in [3.8, 4) is 9.88 Å². The third-order valence-corrected chi connectivity index (χ3v) is 6.08. The smallest absolute Gasteiger partial charge is 0.239 e. The molecule has 0 N–H and O–H groups in total. The van der Waals surface area contributed by atoms with Gasteiger partial charge in [0.2, 0.25) is 0 Å². The van der Waals surface area contributed by atoms with Gasteiger partial charge in [-0.3, -0.25) is 0 Å². The molecule has 0 atom stereocenters. The molecule has 0 saturated heterocycles. The summed E-state index contributed by atoms with van der Waals surface area (Å²) < 4.78 is 22.5. The number of rotatable bonds is 2. The number of aryl methyl sites for hydroxylation is 1. The van der Waals surface area contributed by atoms with Gasteiger partial charge in [-0.15, -0.1) is 11.3 Å². The fraction of sp³-hybridized carbons (Fsp3) is 0.125. The minimum atomic E-state index is -3.67. The summed E-state index contributed by atoms with van der Waals surface area (Å²) >= 11 is 2.62. The molecule has 0 saturated carbocycles. The summed E-state index contributed by atoms with van der Waals surface area (Å²) in [6, 6.07) is 3.79. The van der Waals surface area contributed by atoms with Gasteiger partial charge in [0.25, 0.3) is 9.05 Å². The monoisotopic (exact) mass is 279 g/mol. The van der Waals surface area contributed by atoms with Crippen molar-refractivity contribution in [2.45, 2.75) is 11.1 Å². The molecule has 0 bridgehead atoms. The van der Waals surface area contributed by atoms with Crippen LogP contribution in [0.5, 0.6) is 0 Å². The summed E-state index contributed by atoms with van der Waals surface area (Å²) in [5, 5.41) is 2.61. The van der Waals surface area contributed by atoms with Crippen LogP contribution >= 0.6 is 33.4 Å². The van der Waals surface area contributed by atoms with Gasteiger partial charge in [0, 0.05) is 10.7 Å². The maximum atomic E-state index is 11.2. The van der Waals surface area contributed by atoms with Gasteiger partial charge in [0.15, 0.2) is 4.21 Å². The molecule has 3 nitrogen and oxygen atoms in total. The lowest BCUT2D eigenvalue weighted by atomic mass is 10.5. The van der Waals surface area contributed by atoms with E-state index in [9.17, 15) is 8.42 Å². The van der Waals surface area contributed by atoms with Crippen molar-refractivity contribution in [3.63, 3.8) is 0 Å². The van der Waals surface area contributed by atoms with Gasteiger partial charge in [-0.25, -0.2) is 13.4 Å². The van der Waals surface area contributed by atoms with E-state index >= 15 is 0 Å². The number of hydrogen-bond donors (Lipinski definition) is 0. The molecule has 2 aromatic heterocycles. The highest BCUT2D eigenvalue weighted by Gasteiger charge is 2.19. The van der Waals surface area contributed by atoms with E-state index in [1.807, 2.05) is 17.5 Å². The van der Waals surface area contributed by atoms with Gasteiger partial charge in [-0.2, -0.15) is 0 Å². The Morgan fingerprint density at radius 2 is 2.20 bits per heavy atom. The molecule has 0 amide bonds. The Morgan fingerprint density at radius 1 is 1.47 bits per heavy atom. The predicted molar refractivity (Wildman–Crippen MR) is 63.2 cm³/mol. The van der Waals surface area contributed by atoms with Crippen molar-refractivity contribution in [3.05, 3.63) is 23.2 Å². The van der Waals surface area contributed by atoms with Crippen molar-refractivity contribution in [1.82, 2.24) is 4.98 Å². The largest absolute Gasteiger partial charge is 0.272 e. The van der Waals surface area contributed by atoms with Gasteiger partial charge in [0.1, 0.15) is 5.01 Å². The van der Waals surface area contributed by atoms with Crippen molar-refractivity contribution in [2.24, 2.45) is 0 Å². The Kier molecular flexibility index (Phi) is 2.85. The van der Waals surface area contributed by atoms with E-state index < -0.39 is 9.05 Å². The second kappa shape index (κ2) is 3.86. The third-order valence-electron chi connectivity index (χ3n) is 1.71. The lowest BCUT2D eigenvalue weighted by Crippen LogP contribution is -1.88. The van der Waals surface area contributed by atoms with Gasteiger partial charge < -0.3 is 0 Å². The first-order valence-corrected chi connectivity index (χ1v) is 7.95. The number of thiazole rings is 1. The van der Waals surface area contributed by atoms with Crippen molar-refractivity contribution < 1.29 is 8.42 Å². The molecule has 0 aliphatic carbocycles. The molecule has 80 valence electrons. The van der Waals surface area contributed by atoms with Crippen molar-refractivity contribution in [1.29, 1.82) is 0 Å². The molecule has 15 heavy (non-hydrogen) atoms. The summed E-state index contributed by atoms with van der Waals surface area (Å²) in [6.07, 6.45) is 0. The molecule has 0 aliphatic heterocycles. The second-order valence-electron chi connectivity index (χ2n) is 2.81. The molecule has 0 fully saturated rings. The molecule has 2 aromatic rings. The summed E-state index contributed by atoms with van der Waals surface area (Å²) in [7, 11) is 1.61. The molecule has 0 aliphatic rings. The zero-order valence-electron chi connectivity index (χ0n) is 7.60.